The Kier molecular flexibility index (Phi) is 3.00. The van der Waals surface area contributed by atoms with Gasteiger partial charge in [0.05, 0.1) is 7.11 Å². The first kappa shape index (κ1) is 9.70. The van der Waals surface area contributed by atoms with Crippen molar-refractivity contribution in [2.75, 3.05) is 7.11 Å². The zero-order valence-corrected chi connectivity index (χ0v) is 6.76. The zero-order valence-electron chi connectivity index (χ0n) is 6.76. The smallest absolute Gasteiger partial charge is 0.387 e. The molecular formula is C8H7F3O2. The predicted octanol–water partition coefficient (Wildman–Crippen LogP) is 2.44. The Morgan fingerprint density at radius 3 is 2.46 bits per heavy atom. The van der Waals surface area contributed by atoms with E-state index in [0.717, 1.165) is 12.1 Å². The number of hydrogen-bond donors (Lipinski definition) is 0. The van der Waals surface area contributed by atoms with Crippen molar-refractivity contribution < 1.29 is 22.6 Å². The molecule has 1 aromatic carbocycles. The van der Waals surface area contributed by atoms with Crippen LogP contribution >= 0.6 is 0 Å². The summed E-state index contributed by atoms with van der Waals surface area (Å²) in [4.78, 5) is 0. The van der Waals surface area contributed by atoms with Crippen molar-refractivity contribution in [3.8, 4) is 11.5 Å². The largest absolute Gasteiger partial charge is 0.493 e. The summed E-state index contributed by atoms with van der Waals surface area (Å²) in [6, 6.07) is 3.15. The van der Waals surface area contributed by atoms with Gasteiger partial charge in [0.2, 0.25) is 0 Å². The van der Waals surface area contributed by atoms with Gasteiger partial charge in [-0.15, -0.1) is 0 Å². The van der Waals surface area contributed by atoms with Crippen LogP contribution in [-0.4, -0.2) is 13.7 Å². The molecule has 72 valence electrons. The summed E-state index contributed by atoms with van der Waals surface area (Å²) >= 11 is 0. The number of rotatable bonds is 3. The molecule has 2 nitrogen and oxygen atoms in total. The van der Waals surface area contributed by atoms with Gasteiger partial charge in [-0.25, -0.2) is 4.39 Å². The minimum atomic E-state index is -2.99. The van der Waals surface area contributed by atoms with E-state index in [1.54, 1.807) is 0 Å². The molecule has 1 rings (SSSR count). The molecule has 13 heavy (non-hydrogen) atoms. The topological polar surface area (TPSA) is 18.5 Å². The summed E-state index contributed by atoms with van der Waals surface area (Å²) in [5.74, 6) is -0.893. The van der Waals surface area contributed by atoms with E-state index in [0.29, 0.717) is 0 Å². The first-order valence-corrected chi connectivity index (χ1v) is 3.42. The number of halogens is 3. The maximum atomic E-state index is 12.6. The summed E-state index contributed by atoms with van der Waals surface area (Å²) < 4.78 is 44.8. The lowest BCUT2D eigenvalue weighted by atomic mass is 10.3. The molecule has 0 atom stereocenters. The number of methoxy groups -OCH3 is 1. The van der Waals surface area contributed by atoms with Crippen LogP contribution in [0.15, 0.2) is 18.2 Å². The van der Waals surface area contributed by atoms with Crippen molar-refractivity contribution in [2.45, 2.75) is 6.61 Å². The average molecular weight is 192 g/mol. The Balaban J connectivity index is 2.94. The molecule has 0 saturated carbocycles. The maximum Gasteiger partial charge on any atom is 0.387 e. The minimum Gasteiger partial charge on any atom is -0.493 e. The van der Waals surface area contributed by atoms with Gasteiger partial charge in [0.1, 0.15) is 5.82 Å². The highest BCUT2D eigenvalue weighted by atomic mass is 19.3. The molecule has 0 aliphatic rings. The standard InChI is InChI=1S/C8H7F3O2/c1-12-6-3-2-5(9)4-7(6)13-8(10)11/h2-4,8H,1H3. The first-order chi connectivity index (χ1) is 6.13. The number of hydrogen-bond acceptors (Lipinski definition) is 2. The molecule has 0 amide bonds. The van der Waals surface area contributed by atoms with Crippen molar-refractivity contribution in [1.29, 1.82) is 0 Å². The normalized spacial score (nSPS) is 10.2. The third-order valence-corrected chi connectivity index (χ3v) is 1.34. The van der Waals surface area contributed by atoms with Gasteiger partial charge in [0.15, 0.2) is 11.5 Å². The molecule has 0 radical (unpaired) electrons. The summed E-state index contributed by atoms with van der Waals surface area (Å²) in [5, 5.41) is 0. The van der Waals surface area contributed by atoms with Crippen LogP contribution in [0, 0.1) is 5.82 Å². The average Bonchev–Trinajstić information content (AvgIpc) is 2.03. The maximum absolute atomic E-state index is 12.6. The zero-order chi connectivity index (χ0) is 9.84. The van der Waals surface area contributed by atoms with Crippen molar-refractivity contribution >= 4 is 0 Å². The number of ether oxygens (including phenoxy) is 2. The van der Waals surface area contributed by atoms with Crippen molar-refractivity contribution in [3.63, 3.8) is 0 Å². The fraction of sp³-hybridized carbons (Fsp3) is 0.250. The summed E-state index contributed by atoms with van der Waals surface area (Å²) in [6.45, 7) is -2.99. The van der Waals surface area contributed by atoms with Crippen molar-refractivity contribution in [2.24, 2.45) is 0 Å². The third kappa shape index (κ3) is 2.54. The van der Waals surface area contributed by atoms with Crippen LogP contribution in [0.3, 0.4) is 0 Å². The predicted molar refractivity (Wildman–Crippen MR) is 39.6 cm³/mol. The van der Waals surface area contributed by atoms with E-state index in [9.17, 15) is 13.2 Å². The minimum absolute atomic E-state index is 0.0710. The molecule has 0 bridgehead atoms. The molecule has 0 saturated heterocycles. The lowest BCUT2D eigenvalue weighted by Gasteiger charge is -2.08. The molecule has 0 fully saturated rings. The van der Waals surface area contributed by atoms with E-state index in [1.807, 2.05) is 0 Å². The van der Waals surface area contributed by atoms with Gasteiger partial charge in [0.25, 0.3) is 0 Å². The fourth-order valence-electron chi connectivity index (χ4n) is 0.839. The molecule has 0 unspecified atom stereocenters. The van der Waals surface area contributed by atoms with E-state index in [4.69, 9.17) is 0 Å². The molecule has 5 heteroatoms. The van der Waals surface area contributed by atoms with E-state index in [-0.39, 0.29) is 11.5 Å². The monoisotopic (exact) mass is 192 g/mol. The van der Waals surface area contributed by atoms with Crippen LogP contribution in [0.25, 0.3) is 0 Å². The highest BCUT2D eigenvalue weighted by Crippen LogP contribution is 2.28. The second-order valence-electron chi connectivity index (χ2n) is 2.17. The molecule has 0 heterocycles. The van der Waals surface area contributed by atoms with E-state index in [1.165, 1.54) is 13.2 Å². The first-order valence-electron chi connectivity index (χ1n) is 3.42. The highest BCUT2D eigenvalue weighted by Gasteiger charge is 2.10. The van der Waals surface area contributed by atoms with Gasteiger partial charge < -0.3 is 9.47 Å². The SMILES string of the molecule is COc1ccc(F)cc1OC(F)F. The molecule has 0 N–H and O–H groups in total. The van der Waals surface area contributed by atoms with E-state index in [2.05, 4.69) is 9.47 Å². The second-order valence-corrected chi connectivity index (χ2v) is 2.17. The Labute approximate surface area is 72.9 Å². The van der Waals surface area contributed by atoms with E-state index >= 15 is 0 Å². The molecule has 0 aliphatic carbocycles. The number of benzene rings is 1. The van der Waals surface area contributed by atoms with Gasteiger partial charge in [-0.05, 0) is 12.1 Å². The van der Waals surface area contributed by atoms with Crippen LogP contribution < -0.4 is 9.47 Å². The van der Waals surface area contributed by atoms with Crippen molar-refractivity contribution in [3.05, 3.63) is 24.0 Å². The lowest BCUT2D eigenvalue weighted by Crippen LogP contribution is -2.03. The third-order valence-electron chi connectivity index (χ3n) is 1.34. The fourth-order valence-corrected chi connectivity index (χ4v) is 0.839. The van der Waals surface area contributed by atoms with Gasteiger partial charge in [-0.3, -0.25) is 0 Å². The molecular weight excluding hydrogens is 185 g/mol. The Hall–Kier alpha value is -1.39. The van der Waals surface area contributed by atoms with Crippen molar-refractivity contribution in [1.82, 2.24) is 0 Å². The van der Waals surface area contributed by atoms with Crippen LogP contribution in [0.1, 0.15) is 0 Å². The lowest BCUT2D eigenvalue weighted by molar-refractivity contribution is -0.0513. The molecule has 1 aromatic rings. The van der Waals surface area contributed by atoms with Gasteiger partial charge in [-0.1, -0.05) is 0 Å². The van der Waals surface area contributed by atoms with Crippen LogP contribution in [-0.2, 0) is 0 Å². The number of alkyl halides is 2. The second kappa shape index (κ2) is 4.02. The highest BCUT2D eigenvalue weighted by molar-refractivity contribution is 5.39. The van der Waals surface area contributed by atoms with Crippen LogP contribution in [0.2, 0.25) is 0 Å². The summed E-state index contributed by atoms with van der Waals surface area (Å²) in [6.07, 6.45) is 0. The molecule has 0 aromatic heterocycles. The molecule has 0 spiro atoms. The Morgan fingerprint density at radius 1 is 1.23 bits per heavy atom. The van der Waals surface area contributed by atoms with Gasteiger partial charge in [-0.2, -0.15) is 8.78 Å². The van der Waals surface area contributed by atoms with Crippen LogP contribution in [0.5, 0.6) is 11.5 Å². The Morgan fingerprint density at radius 2 is 1.92 bits per heavy atom. The quantitative estimate of drug-likeness (QED) is 0.732. The Bertz CT molecular complexity index is 289. The van der Waals surface area contributed by atoms with Gasteiger partial charge in [0, 0.05) is 6.07 Å². The van der Waals surface area contributed by atoms with Crippen LogP contribution in [0.4, 0.5) is 13.2 Å². The molecule has 0 aliphatic heterocycles. The van der Waals surface area contributed by atoms with E-state index < -0.39 is 12.4 Å². The summed E-state index contributed by atoms with van der Waals surface area (Å²) in [5.41, 5.74) is 0. The van der Waals surface area contributed by atoms with Gasteiger partial charge >= 0.3 is 6.61 Å². The summed E-state index contributed by atoms with van der Waals surface area (Å²) in [7, 11) is 1.28.